The first kappa shape index (κ1) is 15.3. The number of urea groups is 1. The van der Waals surface area contributed by atoms with Crippen LogP contribution < -0.4 is 5.32 Å². The highest BCUT2D eigenvalue weighted by Gasteiger charge is 2.30. The van der Waals surface area contributed by atoms with Crippen LogP contribution in [0.5, 0.6) is 0 Å². The summed E-state index contributed by atoms with van der Waals surface area (Å²) in [7, 11) is 0. The lowest BCUT2D eigenvalue weighted by Crippen LogP contribution is -2.44. The maximum absolute atomic E-state index is 12.2. The highest BCUT2D eigenvalue weighted by molar-refractivity contribution is 5.85. The number of hydrogen-bond acceptors (Lipinski definition) is 3. The summed E-state index contributed by atoms with van der Waals surface area (Å²) < 4.78 is 0. The molecule has 1 aromatic heterocycles. The summed E-state index contributed by atoms with van der Waals surface area (Å²) in [6, 6.07) is 3.35. The Labute approximate surface area is 124 Å². The van der Waals surface area contributed by atoms with Gasteiger partial charge in [0.25, 0.3) is 0 Å². The number of carbonyl (C=O) groups is 2. The standard InChI is InChI=1S/C15H21N3O3/c1-10(2)13-4-3-7-18(13)15(21)17-9-11-5-6-12(14(19)20)16-8-11/h5-6,8,10,13H,3-4,7,9H2,1-2H3,(H,17,21)(H,19,20). The van der Waals surface area contributed by atoms with E-state index in [9.17, 15) is 9.59 Å². The van der Waals surface area contributed by atoms with Crippen LogP contribution >= 0.6 is 0 Å². The Balaban J connectivity index is 1.90. The van der Waals surface area contributed by atoms with Gasteiger partial charge in [-0.2, -0.15) is 0 Å². The van der Waals surface area contributed by atoms with Crippen LogP contribution in [-0.4, -0.2) is 39.6 Å². The van der Waals surface area contributed by atoms with Crippen molar-refractivity contribution in [2.45, 2.75) is 39.3 Å². The first-order chi connectivity index (χ1) is 9.99. The number of likely N-dealkylation sites (tertiary alicyclic amines) is 1. The van der Waals surface area contributed by atoms with Crippen LogP contribution in [0.3, 0.4) is 0 Å². The maximum atomic E-state index is 12.2. The minimum absolute atomic E-state index is 0.00416. The molecule has 2 heterocycles. The number of amides is 2. The Hall–Kier alpha value is -2.11. The maximum Gasteiger partial charge on any atom is 0.354 e. The smallest absolute Gasteiger partial charge is 0.354 e. The van der Waals surface area contributed by atoms with E-state index in [2.05, 4.69) is 24.1 Å². The number of aromatic carboxylic acids is 1. The van der Waals surface area contributed by atoms with E-state index in [4.69, 9.17) is 5.11 Å². The number of carbonyl (C=O) groups excluding carboxylic acids is 1. The fourth-order valence-electron chi connectivity index (χ4n) is 2.67. The molecular formula is C15H21N3O3. The number of aromatic nitrogens is 1. The second-order valence-corrected chi connectivity index (χ2v) is 5.66. The average Bonchev–Trinajstić information content (AvgIpc) is 2.95. The molecule has 0 aliphatic carbocycles. The van der Waals surface area contributed by atoms with E-state index >= 15 is 0 Å². The molecule has 0 bridgehead atoms. The first-order valence-electron chi connectivity index (χ1n) is 7.21. The quantitative estimate of drug-likeness (QED) is 0.890. The highest BCUT2D eigenvalue weighted by Crippen LogP contribution is 2.23. The van der Waals surface area contributed by atoms with Crippen LogP contribution in [0.1, 0.15) is 42.7 Å². The molecule has 1 unspecified atom stereocenters. The van der Waals surface area contributed by atoms with Crippen LogP contribution in [0.4, 0.5) is 4.79 Å². The molecule has 0 radical (unpaired) electrons. The molecule has 1 saturated heterocycles. The van der Waals surface area contributed by atoms with Crippen LogP contribution in [0.25, 0.3) is 0 Å². The zero-order chi connectivity index (χ0) is 15.4. The molecule has 114 valence electrons. The molecule has 2 N–H and O–H groups in total. The fraction of sp³-hybridized carbons (Fsp3) is 0.533. The van der Waals surface area contributed by atoms with E-state index in [1.165, 1.54) is 12.3 Å². The van der Waals surface area contributed by atoms with E-state index in [1.54, 1.807) is 6.07 Å². The van der Waals surface area contributed by atoms with Crippen molar-refractivity contribution in [3.63, 3.8) is 0 Å². The van der Waals surface area contributed by atoms with Gasteiger partial charge in [0.05, 0.1) is 0 Å². The van der Waals surface area contributed by atoms with E-state index in [-0.39, 0.29) is 11.7 Å². The number of rotatable bonds is 4. The Morgan fingerprint density at radius 1 is 1.48 bits per heavy atom. The van der Waals surface area contributed by atoms with Gasteiger partial charge in [0, 0.05) is 25.3 Å². The van der Waals surface area contributed by atoms with Gasteiger partial charge < -0.3 is 15.3 Å². The molecular weight excluding hydrogens is 270 g/mol. The Bertz CT molecular complexity index is 513. The largest absolute Gasteiger partial charge is 0.477 e. The Kier molecular flexibility index (Phi) is 4.77. The van der Waals surface area contributed by atoms with E-state index in [0.29, 0.717) is 18.5 Å². The van der Waals surface area contributed by atoms with Crippen molar-refractivity contribution < 1.29 is 14.7 Å². The third-order valence-corrected chi connectivity index (χ3v) is 3.82. The Morgan fingerprint density at radius 3 is 2.81 bits per heavy atom. The topological polar surface area (TPSA) is 82.5 Å². The summed E-state index contributed by atoms with van der Waals surface area (Å²) in [4.78, 5) is 28.6. The van der Waals surface area contributed by atoms with Crippen molar-refractivity contribution in [3.8, 4) is 0 Å². The van der Waals surface area contributed by atoms with Gasteiger partial charge in [-0.25, -0.2) is 14.6 Å². The van der Waals surface area contributed by atoms with Gasteiger partial charge >= 0.3 is 12.0 Å². The molecule has 2 rings (SSSR count). The number of pyridine rings is 1. The average molecular weight is 291 g/mol. The molecule has 6 heteroatoms. The third-order valence-electron chi connectivity index (χ3n) is 3.82. The summed E-state index contributed by atoms with van der Waals surface area (Å²) in [5, 5.41) is 11.7. The summed E-state index contributed by atoms with van der Waals surface area (Å²) in [6.45, 7) is 5.41. The number of carboxylic acid groups (broad SMARTS) is 1. The van der Waals surface area contributed by atoms with Gasteiger partial charge in [-0.1, -0.05) is 19.9 Å². The van der Waals surface area contributed by atoms with Crippen LogP contribution in [0.15, 0.2) is 18.3 Å². The lowest BCUT2D eigenvalue weighted by molar-refractivity contribution is 0.0690. The zero-order valence-corrected chi connectivity index (χ0v) is 12.4. The molecule has 0 saturated carbocycles. The molecule has 1 fully saturated rings. The zero-order valence-electron chi connectivity index (χ0n) is 12.4. The van der Waals surface area contributed by atoms with Gasteiger partial charge in [-0.3, -0.25) is 0 Å². The highest BCUT2D eigenvalue weighted by atomic mass is 16.4. The first-order valence-corrected chi connectivity index (χ1v) is 7.21. The molecule has 1 atom stereocenters. The third kappa shape index (κ3) is 3.71. The van der Waals surface area contributed by atoms with Crippen molar-refractivity contribution >= 4 is 12.0 Å². The SMILES string of the molecule is CC(C)C1CCCN1C(=O)NCc1ccc(C(=O)O)nc1. The second-order valence-electron chi connectivity index (χ2n) is 5.66. The van der Waals surface area contributed by atoms with E-state index in [1.807, 2.05) is 4.90 Å². The van der Waals surface area contributed by atoms with Crippen LogP contribution in [0.2, 0.25) is 0 Å². The van der Waals surface area contributed by atoms with Crippen LogP contribution in [0, 0.1) is 5.92 Å². The minimum Gasteiger partial charge on any atom is -0.477 e. The summed E-state index contributed by atoms with van der Waals surface area (Å²) >= 11 is 0. The molecule has 2 amide bonds. The molecule has 1 aromatic rings. The molecule has 21 heavy (non-hydrogen) atoms. The van der Waals surface area contributed by atoms with Crippen LogP contribution in [-0.2, 0) is 6.54 Å². The monoisotopic (exact) mass is 291 g/mol. The molecule has 6 nitrogen and oxygen atoms in total. The van der Waals surface area contributed by atoms with Crippen molar-refractivity contribution in [2.24, 2.45) is 5.92 Å². The van der Waals surface area contributed by atoms with Gasteiger partial charge in [0.1, 0.15) is 5.69 Å². The molecule has 0 spiro atoms. The normalized spacial score (nSPS) is 18.0. The van der Waals surface area contributed by atoms with Crippen molar-refractivity contribution in [3.05, 3.63) is 29.6 Å². The van der Waals surface area contributed by atoms with Crippen molar-refractivity contribution in [1.82, 2.24) is 15.2 Å². The molecule has 1 aliphatic heterocycles. The molecule has 0 aromatic carbocycles. The predicted molar refractivity (Wildman–Crippen MR) is 78.0 cm³/mol. The second kappa shape index (κ2) is 6.56. The van der Waals surface area contributed by atoms with Gasteiger partial charge in [-0.15, -0.1) is 0 Å². The number of nitrogens with zero attached hydrogens (tertiary/aromatic N) is 2. The van der Waals surface area contributed by atoms with Gasteiger partial charge in [0.15, 0.2) is 0 Å². The van der Waals surface area contributed by atoms with Crippen molar-refractivity contribution in [1.29, 1.82) is 0 Å². The number of carboxylic acids is 1. The van der Waals surface area contributed by atoms with E-state index in [0.717, 1.165) is 24.9 Å². The molecule has 1 aliphatic rings. The fourth-order valence-corrected chi connectivity index (χ4v) is 2.67. The lowest BCUT2D eigenvalue weighted by atomic mass is 10.0. The summed E-state index contributed by atoms with van der Waals surface area (Å²) in [5.74, 6) is -0.600. The lowest BCUT2D eigenvalue weighted by Gasteiger charge is -2.27. The number of hydrogen-bond donors (Lipinski definition) is 2. The number of nitrogens with one attached hydrogen (secondary N) is 1. The van der Waals surface area contributed by atoms with Gasteiger partial charge in [-0.05, 0) is 30.4 Å². The predicted octanol–water partition coefficient (Wildman–Crippen LogP) is 2.11. The van der Waals surface area contributed by atoms with E-state index < -0.39 is 5.97 Å². The minimum atomic E-state index is -1.05. The van der Waals surface area contributed by atoms with Crippen molar-refractivity contribution in [2.75, 3.05) is 6.54 Å². The summed E-state index contributed by atoms with van der Waals surface area (Å²) in [5.41, 5.74) is 0.790. The van der Waals surface area contributed by atoms with Gasteiger partial charge in [0.2, 0.25) is 0 Å². The Morgan fingerprint density at radius 2 is 2.24 bits per heavy atom. The summed E-state index contributed by atoms with van der Waals surface area (Å²) in [6.07, 6.45) is 3.58.